The minimum Gasteiger partial charge on any atom is -0.325 e. The second kappa shape index (κ2) is 5.61. The maximum absolute atomic E-state index is 12.1. The molecule has 0 aliphatic heterocycles. The lowest BCUT2D eigenvalue weighted by Crippen LogP contribution is -2.45. The van der Waals surface area contributed by atoms with Crippen LogP contribution in [0.3, 0.4) is 0 Å². The van der Waals surface area contributed by atoms with Crippen LogP contribution in [0.2, 0.25) is 0 Å². The molecule has 0 atom stereocenters. The predicted molar refractivity (Wildman–Crippen MR) is 67.7 cm³/mol. The molecule has 6 heteroatoms. The molecule has 106 valence electrons. The van der Waals surface area contributed by atoms with Gasteiger partial charge in [0.25, 0.3) is 0 Å². The molecule has 1 aromatic carbocycles. The summed E-state index contributed by atoms with van der Waals surface area (Å²) in [7, 11) is 0. The average Bonchev–Trinajstić information content (AvgIpc) is 2.25. The van der Waals surface area contributed by atoms with Crippen LogP contribution >= 0.6 is 0 Å². The molecule has 0 heterocycles. The first-order valence-electron chi connectivity index (χ1n) is 5.84. The van der Waals surface area contributed by atoms with Crippen LogP contribution in [-0.4, -0.2) is 17.6 Å². The van der Waals surface area contributed by atoms with Crippen molar-refractivity contribution in [1.29, 1.82) is 0 Å². The summed E-state index contributed by atoms with van der Waals surface area (Å²) in [6, 6.07) is 6.33. The largest absolute Gasteiger partial charge is 0.389 e. The molecule has 0 aliphatic rings. The van der Waals surface area contributed by atoms with Crippen LogP contribution in [0.15, 0.2) is 24.3 Å². The van der Waals surface area contributed by atoms with Crippen molar-refractivity contribution in [2.24, 2.45) is 5.73 Å². The van der Waals surface area contributed by atoms with Gasteiger partial charge in [0.1, 0.15) is 0 Å². The summed E-state index contributed by atoms with van der Waals surface area (Å²) in [6.07, 6.45) is -5.18. The number of nitrogens with two attached hydrogens (primary N) is 1. The maximum atomic E-state index is 12.1. The van der Waals surface area contributed by atoms with E-state index in [4.69, 9.17) is 5.73 Å². The van der Waals surface area contributed by atoms with Gasteiger partial charge in [0.15, 0.2) is 0 Å². The number of nitrogens with one attached hydrogen (secondary N) is 1. The monoisotopic (exact) mass is 274 g/mol. The second-order valence-electron chi connectivity index (χ2n) is 4.99. The number of benzene rings is 1. The molecule has 0 unspecified atom stereocenters. The van der Waals surface area contributed by atoms with Gasteiger partial charge >= 0.3 is 6.18 Å². The first kappa shape index (κ1) is 15.5. The molecule has 1 amide bonds. The summed E-state index contributed by atoms with van der Waals surface area (Å²) in [4.78, 5) is 11.6. The number of rotatable bonds is 4. The highest BCUT2D eigenvalue weighted by atomic mass is 19.4. The van der Waals surface area contributed by atoms with Crippen molar-refractivity contribution in [3.63, 3.8) is 0 Å². The lowest BCUT2D eigenvalue weighted by atomic mass is 10.1. The molecule has 0 bridgehead atoms. The summed E-state index contributed by atoms with van der Waals surface area (Å²) in [5, 5.41) is 2.57. The maximum Gasteiger partial charge on any atom is 0.389 e. The molecule has 1 aromatic rings. The Morgan fingerprint density at radius 2 is 1.95 bits per heavy atom. The second-order valence-corrected chi connectivity index (χ2v) is 4.99. The molecule has 3 nitrogen and oxygen atoms in total. The third kappa shape index (κ3) is 5.74. The number of aryl methyl sites for hydroxylation is 1. The van der Waals surface area contributed by atoms with Gasteiger partial charge < -0.3 is 11.1 Å². The molecule has 0 aromatic heterocycles. The van der Waals surface area contributed by atoms with Crippen LogP contribution in [0.4, 0.5) is 18.9 Å². The van der Waals surface area contributed by atoms with Gasteiger partial charge in [-0.25, -0.2) is 0 Å². The number of alkyl halides is 3. The fourth-order valence-electron chi connectivity index (χ4n) is 1.38. The van der Waals surface area contributed by atoms with E-state index < -0.39 is 18.1 Å². The van der Waals surface area contributed by atoms with Crippen molar-refractivity contribution >= 4 is 11.6 Å². The number of anilines is 1. The molecule has 0 spiro atoms. The first-order chi connectivity index (χ1) is 8.58. The molecule has 0 saturated heterocycles. The zero-order valence-electron chi connectivity index (χ0n) is 10.8. The minimum absolute atomic E-state index is 0.112. The Morgan fingerprint density at radius 3 is 2.47 bits per heavy atom. The summed E-state index contributed by atoms with van der Waals surface area (Å²) in [6.45, 7) is 3.10. The molecule has 0 radical (unpaired) electrons. The van der Waals surface area contributed by atoms with E-state index in [0.717, 1.165) is 0 Å². The van der Waals surface area contributed by atoms with Crippen molar-refractivity contribution in [3.05, 3.63) is 29.8 Å². The Morgan fingerprint density at radius 1 is 1.32 bits per heavy atom. The Hall–Kier alpha value is -1.56. The van der Waals surface area contributed by atoms with Gasteiger partial charge in [0, 0.05) is 12.1 Å². The molecular formula is C13H17F3N2O. The Balaban J connectivity index is 2.70. The van der Waals surface area contributed by atoms with Crippen LogP contribution in [0.5, 0.6) is 0 Å². The summed E-state index contributed by atoms with van der Waals surface area (Å²) in [5.41, 5.74) is 5.55. The Bertz CT molecular complexity index is 450. The van der Waals surface area contributed by atoms with Crippen LogP contribution < -0.4 is 11.1 Å². The zero-order valence-corrected chi connectivity index (χ0v) is 10.8. The van der Waals surface area contributed by atoms with Crippen LogP contribution in [0.1, 0.15) is 25.8 Å². The van der Waals surface area contributed by atoms with E-state index >= 15 is 0 Å². The normalized spacial score (nSPS) is 12.3. The number of carbonyl (C=O) groups is 1. The molecule has 3 N–H and O–H groups in total. The highest BCUT2D eigenvalue weighted by Gasteiger charge is 2.26. The van der Waals surface area contributed by atoms with E-state index in [2.05, 4.69) is 5.32 Å². The van der Waals surface area contributed by atoms with Crippen LogP contribution in [0, 0.1) is 0 Å². The highest BCUT2D eigenvalue weighted by Crippen LogP contribution is 2.23. The zero-order chi connectivity index (χ0) is 14.7. The molecule has 0 aliphatic carbocycles. The average molecular weight is 274 g/mol. The van der Waals surface area contributed by atoms with E-state index in [1.54, 1.807) is 32.0 Å². The van der Waals surface area contributed by atoms with Gasteiger partial charge in [-0.05, 0) is 38.0 Å². The Labute approximate surface area is 110 Å². The van der Waals surface area contributed by atoms with Gasteiger partial charge in [-0.2, -0.15) is 13.2 Å². The van der Waals surface area contributed by atoms with Crippen molar-refractivity contribution < 1.29 is 18.0 Å². The summed E-state index contributed by atoms with van der Waals surface area (Å²) < 4.78 is 36.4. The molecule has 0 saturated carbocycles. The third-order valence-electron chi connectivity index (χ3n) is 2.47. The third-order valence-corrected chi connectivity index (χ3v) is 2.47. The van der Waals surface area contributed by atoms with E-state index in [1.807, 2.05) is 0 Å². The number of hydrogen-bond donors (Lipinski definition) is 2. The summed E-state index contributed by atoms with van der Waals surface area (Å²) in [5.74, 6) is -0.388. The SMILES string of the molecule is CC(C)(N)C(=O)Nc1cccc(CCC(F)(F)F)c1. The molecule has 19 heavy (non-hydrogen) atoms. The van der Waals surface area contributed by atoms with Crippen molar-refractivity contribution in [2.75, 3.05) is 5.32 Å². The van der Waals surface area contributed by atoms with Gasteiger partial charge in [-0.3, -0.25) is 4.79 Å². The smallest absolute Gasteiger partial charge is 0.325 e. The van der Waals surface area contributed by atoms with E-state index in [1.165, 1.54) is 6.07 Å². The standard InChI is InChI=1S/C13H17F3N2O/c1-12(2,17)11(19)18-10-5-3-4-9(8-10)6-7-13(14,15)16/h3-5,8H,6-7,17H2,1-2H3,(H,18,19). The van der Waals surface area contributed by atoms with Crippen molar-refractivity contribution in [3.8, 4) is 0 Å². The molecule has 1 rings (SSSR count). The minimum atomic E-state index is -4.18. The molecule has 0 fully saturated rings. The highest BCUT2D eigenvalue weighted by molar-refractivity contribution is 5.97. The lowest BCUT2D eigenvalue weighted by molar-refractivity contribution is -0.134. The van der Waals surface area contributed by atoms with Crippen LogP contribution in [0.25, 0.3) is 0 Å². The van der Waals surface area contributed by atoms with Gasteiger partial charge in [0.2, 0.25) is 5.91 Å². The van der Waals surface area contributed by atoms with Gasteiger partial charge in [-0.15, -0.1) is 0 Å². The van der Waals surface area contributed by atoms with Crippen molar-refractivity contribution in [1.82, 2.24) is 0 Å². The topological polar surface area (TPSA) is 55.1 Å². The number of amides is 1. The molecular weight excluding hydrogens is 257 g/mol. The predicted octanol–water partition coefficient (Wildman–Crippen LogP) is 2.86. The van der Waals surface area contributed by atoms with E-state index in [0.29, 0.717) is 11.3 Å². The lowest BCUT2D eigenvalue weighted by Gasteiger charge is -2.18. The number of carbonyl (C=O) groups excluding carboxylic acids is 1. The van der Waals surface area contributed by atoms with E-state index in [-0.39, 0.29) is 12.3 Å². The number of halogens is 3. The Kier molecular flexibility index (Phi) is 4.57. The van der Waals surface area contributed by atoms with Gasteiger partial charge in [-0.1, -0.05) is 12.1 Å². The van der Waals surface area contributed by atoms with Gasteiger partial charge in [0.05, 0.1) is 5.54 Å². The first-order valence-corrected chi connectivity index (χ1v) is 5.84. The fourth-order valence-corrected chi connectivity index (χ4v) is 1.38. The van der Waals surface area contributed by atoms with E-state index in [9.17, 15) is 18.0 Å². The fraction of sp³-hybridized carbons (Fsp3) is 0.462. The summed E-state index contributed by atoms with van der Waals surface area (Å²) >= 11 is 0. The quantitative estimate of drug-likeness (QED) is 0.887. The van der Waals surface area contributed by atoms with Crippen LogP contribution in [-0.2, 0) is 11.2 Å². The van der Waals surface area contributed by atoms with Crippen molar-refractivity contribution in [2.45, 2.75) is 38.4 Å². The number of hydrogen-bond acceptors (Lipinski definition) is 2.